The van der Waals surface area contributed by atoms with Gasteiger partial charge in [-0.05, 0) is 31.9 Å². The van der Waals surface area contributed by atoms with Crippen LogP contribution in [0.25, 0.3) is 0 Å². The van der Waals surface area contributed by atoms with E-state index in [9.17, 15) is 14.4 Å². The number of likely N-dealkylation sites (tertiary alicyclic amines) is 1. The van der Waals surface area contributed by atoms with Gasteiger partial charge in [0.25, 0.3) is 0 Å². The number of Topliss-reactive ketones (excluding diaryl/α,β-unsaturated/α-hetero) is 1. The molecule has 8 heteroatoms. The molecule has 164 valence electrons. The van der Waals surface area contributed by atoms with Crippen molar-refractivity contribution in [2.75, 3.05) is 13.1 Å². The number of carbonyl (C=O) groups is 3. The number of aromatic nitrogens is 2. The molecule has 8 nitrogen and oxygen atoms in total. The molecule has 2 amide bonds. The summed E-state index contributed by atoms with van der Waals surface area (Å²) >= 11 is 0. The third-order valence-corrected chi connectivity index (χ3v) is 6.22. The Hall–Kier alpha value is -3.16. The fourth-order valence-electron chi connectivity index (χ4n) is 4.37. The number of imidazole rings is 1. The zero-order chi connectivity index (χ0) is 21.8. The predicted molar refractivity (Wildman–Crippen MR) is 114 cm³/mol. The maximum atomic E-state index is 12.8. The SMILES string of the molecule is C[C@@H](C(=O)NCCCn1ccnc1)N1CC[C@]2(CCC1=O)CC(=O)c1ccccc1O2. The van der Waals surface area contributed by atoms with E-state index in [0.717, 1.165) is 13.0 Å². The highest BCUT2D eigenvalue weighted by molar-refractivity contribution is 6.00. The Morgan fingerprint density at radius 3 is 2.94 bits per heavy atom. The van der Waals surface area contributed by atoms with Crippen LogP contribution in [0.15, 0.2) is 43.0 Å². The number of nitrogens with one attached hydrogen (secondary N) is 1. The minimum Gasteiger partial charge on any atom is -0.486 e. The van der Waals surface area contributed by atoms with E-state index in [1.165, 1.54) is 0 Å². The van der Waals surface area contributed by atoms with Gasteiger partial charge in [0.1, 0.15) is 17.4 Å². The maximum Gasteiger partial charge on any atom is 0.242 e. The van der Waals surface area contributed by atoms with Gasteiger partial charge in [0.15, 0.2) is 5.78 Å². The number of ketones is 1. The molecule has 1 saturated heterocycles. The van der Waals surface area contributed by atoms with Gasteiger partial charge in [0.05, 0.1) is 18.3 Å². The number of hydrogen-bond donors (Lipinski definition) is 1. The lowest BCUT2D eigenvalue weighted by Crippen LogP contribution is -2.48. The molecule has 1 fully saturated rings. The third-order valence-electron chi connectivity index (χ3n) is 6.22. The van der Waals surface area contributed by atoms with E-state index in [2.05, 4.69) is 10.3 Å². The second-order valence-corrected chi connectivity index (χ2v) is 8.34. The Labute approximate surface area is 181 Å². The van der Waals surface area contributed by atoms with Gasteiger partial charge in [-0.2, -0.15) is 0 Å². The smallest absolute Gasteiger partial charge is 0.242 e. The van der Waals surface area contributed by atoms with Gasteiger partial charge in [-0.1, -0.05) is 12.1 Å². The van der Waals surface area contributed by atoms with E-state index >= 15 is 0 Å². The van der Waals surface area contributed by atoms with Crippen molar-refractivity contribution in [3.8, 4) is 5.75 Å². The highest BCUT2D eigenvalue weighted by atomic mass is 16.5. The van der Waals surface area contributed by atoms with Gasteiger partial charge in [0, 0.05) is 44.9 Å². The van der Waals surface area contributed by atoms with Crippen LogP contribution in [0, 0.1) is 0 Å². The maximum absolute atomic E-state index is 12.8. The van der Waals surface area contributed by atoms with Crippen molar-refractivity contribution in [3.05, 3.63) is 48.5 Å². The van der Waals surface area contributed by atoms with E-state index in [4.69, 9.17) is 4.74 Å². The number of fused-ring (bicyclic) bond motifs is 1. The van der Waals surface area contributed by atoms with Crippen LogP contribution in [0.5, 0.6) is 5.75 Å². The first-order valence-corrected chi connectivity index (χ1v) is 10.8. The molecule has 0 aliphatic carbocycles. The van der Waals surface area contributed by atoms with E-state index in [1.807, 2.05) is 22.9 Å². The van der Waals surface area contributed by atoms with Crippen molar-refractivity contribution in [1.29, 1.82) is 0 Å². The standard InChI is InChI=1S/C23H28N4O4/c1-17(22(30)25-10-4-12-26-14-11-24-16-26)27-13-9-23(8-7-21(27)29)15-19(28)18-5-2-3-6-20(18)31-23/h2-3,5-6,11,14,16-17H,4,7-10,12-13,15H2,1H3,(H,25,30)/t17-,23+/m0/s1. The largest absolute Gasteiger partial charge is 0.486 e. The lowest BCUT2D eigenvalue weighted by Gasteiger charge is -2.37. The van der Waals surface area contributed by atoms with Gasteiger partial charge >= 0.3 is 0 Å². The Balaban J connectivity index is 1.34. The van der Waals surface area contributed by atoms with Crippen LogP contribution in [0.4, 0.5) is 0 Å². The number of para-hydroxylation sites is 1. The van der Waals surface area contributed by atoms with Crippen molar-refractivity contribution in [3.63, 3.8) is 0 Å². The Morgan fingerprint density at radius 1 is 1.29 bits per heavy atom. The third kappa shape index (κ3) is 4.62. The number of carbonyl (C=O) groups excluding carboxylic acids is 3. The van der Waals surface area contributed by atoms with E-state index in [1.54, 1.807) is 36.5 Å². The molecule has 0 bridgehead atoms. The zero-order valence-corrected chi connectivity index (χ0v) is 17.8. The van der Waals surface area contributed by atoms with Gasteiger partial charge in [-0.15, -0.1) is 0 Å². The van der Waals surface area contributed by atoms with E-state index in [-0.39, 0.29) is 30.4 Å². The lowest BCUT2D eigenvalue weighted by atomic mass is 9.84. The summed E-state index contributed by atoms with van der Waals surface area (Å²) in [5, 5.41) is 2.92. The van der Waals surface area contributed by atoms with Gasteiger partial charge in [-0.3, -0.25) is 14.4 Å². The molecular weight excluding hydrogens is 396 g/mol. The molecule has 2 atom stereocenters. The zero-order valence-electron chi connectivity index (χ0n) is 17.8. The predicted octanol–water partition coefficient (Wildman–Crippen LogP) is 2.19. The fraction of sp³-hybridized carbons (Fsp3) is 0.478. The van der Waals surface area contributed by atoms with Crippen LogP contribution in [0.1, 0.15) is 49.4 Å². The minimum absolute atomic E-state index is 0.0476. The summed E-state index contributed by atoms with van der Waals surface area (Å²) in [6.07, 6.45) is 7.65. The number of benzene rings is 1. The molecule has 1 N–H and O–H groups in total. The summed E-state index contributed by atoms with van der Waals surface area (Å²) in [6.45, 7) is 3.44. The summed E-state index contributed by atoms with van der Waals surface area (Å²) in [5.74, 6) is 0.392. The van der Waals surface area contributed by atoms with Crippen LogP contribution < -0.4 is 10.1 Å². The highest BCUT2D eigenvalue weighted by Gasteiger charge is 2.44. The van der Waals surface area contributed by atoms with Crippen molar-refractivity contribution in [2.24, 2.45) is 0 Å². The molecule has 1 spiro atoms. The van der Waals surface area contributed by atoms with Crippen LogP contribution in [0.3, 0.4) is 0 Å². The number of nitrogens with zero attached hydrogens (tertiary/aromatic N) is 3. The highest BCUT2D eigenvalue weighted by Crippen LogP contribution is 2.39. The number of hydrogen-bond acceptors (Lipinski definition) is 5. The summed E-state index contributed by atoms with van der Waals surface area (Å²) in [4.78, 5) is 43.7. The second kappa shape index (κ2) is 8.91. The summed E-state index contributed by atoms with van der Waals surface area (Å²) in [7, 11) is 0. The van der Waals surface area contributed by atoms with Gasteiger partial charge in [-0.25, -0.2) is 4.98 Å². The first-order chi connectivity index (χ1) is 15.0. The molecule has 0 radical (unpaired) electrons. The number of ether oxygens (including phenoxy) is 1. The summed E-state index contributed by atoms with van der Waals surface area (Å²) < 4.78 is 8.21. The summed E-state index contributed by atoms with van der Waals surface area (Å²) in [6, 6.07) is 6.68. The topological polar surface area (TPSA) is 93.5 Å². The molecule has 2 aliphatic rings. The van der Waals surface area contributed by atoms with Gasteiger partial charge in [0.2, 0.25) is 11.8 Å². The van der Waals surface area contributed by atoms with Crippen LogP contribution in [0.2, 0.25) is 0 Å². The average Bonchev–Trinajstić information content (AvgIpc) is 3.23. The molecule has 31 heavy (non-hydrogen) atoms. The molecule has 3 heterocycles. The molecule has 4 rings (SSSR count). The van der Waals surface area contributed by atoms with Crippen molar-refractivity contribution in [2.45, 2.75) is 57.2 Å². The Morgan fingerprint density at radius 2 is 2.13 bits per heavy atom. The second-order valence-electron chi connectivity index (χ2n) is 8.34. The van der Waals surface area contributed by atoms with Crippen LogP contribution in [-0.4, -0.2) is 56.8 Å². The van der Waals surface area contributed by atoms with Crippen LogP contribution >= 0.6 is 0 Å². The summed E-state index contributed by atoms with van der Waals surface area (Å²) in [5.41, 5.74) is -0.0828. The number of rotatable bonds is 6. The Kier molecular flexibility index (Phi) is 6.06. The molecule has 1 aromatic carbocycles. The fourth-order valence-corrected chi connectivity index (χ4v) is 4.37. The monoisotopic (exact) mass is 424 g/mol. The molecule has 0 unspecified atom stereocenters. The van der Waals surface area contributed by atoms with Crippen molar-refractivity contribution >= 4 is 17.6 Å². The normalized spacial score (nSPS) is 21.9. The molecular formula is C23H28N4O4. The molecule has 2 aromatic rings. The minimum atomic E-state index is -0.684. The Bertz CT molecular complexity index is 958. The molecule has 0 saturated carbocycles. The molecule has 1 aromatic heterocycles. The number of aryl methyl sites for hydroxylation is 1. The first kappa shape index (κ1) is 21.1. The van der Waals surface area contributed by atoms with E-state index in [0.29, 0.717) is 37.2 Å². The van der Waals surface area contributed by atoms with E-state index < -0.39 is 11.6 Å². The quantitative estimate of drug-likeness (QED) is 0.718. The van der Waals surface area contributed by atoms with Gasteiger partial charge < -0.3 is 19.5 Å². The van der Waals surface area contributed by atoms with Crippen molar-refractivity contribution in [1.82, 2.24) is 19.8 Å². The van der Waals surface area contributed by atoms with Crippen LogP contribution in [-0.2, 0) is 16.1 Å². The molecule has 2 aliphatic heterocycles. The number of amides is 2. The first-order valence-electron chi connectivity index (χ1n) is 10.8. The lowest BCUT2D eigenvalue weighted by molar-refractivity contribution is -0.139. The van der Waals surface area contributed by atoms with Crippen molar-refractivity contribution < 1.29 is 19.1 Å². The average molecular weight is 425 g/mol.